The van der Waals surface area contributed by atoms with Crippen molar-refractivity contribution in [2.24, 2.45) is 16.6 Å². The molecule has 0 saturated heterocycles. The Labute approximate surface area is 140 Å². The maximum Gasteiger partial charge on any atom is 0.241 e. The summed E-state index contributed by atoms with van der Waals surface area (Å²) in [5, 5.41) is 3.23. The van der Waals surface area contributed by atoms with Crippen LogP contribution in [0.1, 0.15) is 60.3 Å². The Morgan fingerprint density at radius 2 is 1.83 bits per heavy atom. The van der Waals surface area contributed by atoms with Crippen molar-refractivity contribution in [2.45, 2.75) is 84.1 Å². The van der Waals surface area contributed by atoms with Crippen LogP contribution in [0.5, 0.6) is 0 Å². The molecule has 0 aliphatic heterocycles. The van der Waals surface area contributed by atoms with E-state index in [1.54, 1.807) is 7.11 Å². The van der Waals surface area contributed by atoms with E-state index in [9.17, 15) is 4.79 Å². The Morgan fingerprint density at radius 3 is 2.26 bits per heavy atom. The lowest BCUT2D eigenvalue weighted by Gasteiger charge is -2.60. The summed E-state index contributed by atoms with van der Waals surface area (Å²) in [6.07, 6.45) is 3.73. The average molecular weight is 326 g/mol. The Kier molecular flexibility index (Phi) is 5.15. The van der Waals surface area contributed by atoms with Gasteiger partial charge in [-0.2, -0.15) is 0 Å². The number of amides is 1. The van der Waals surface area contributed by atoms with Crippen molar-refractivity contribution < 1.29 is 14.3 Å². The second-order valence-electron chi connectivity index (χ2n) is 7.77. The molecule has 4 atom stereocenters. The minimum Gasteiger partial charge on any atom is -0.381 e. The van der Waals surface area contributed by atoms with E-state index in [1.807, 2.05) is 20.8 Å². The maximum atomic E-state index is 12.9. The Balaban J connectivity index is 2.06. The van der Waals surface area contributed by atoms with Crippen molar-refractivity contribution in [3.8, 4) is 0 Å². The average Bonchev–Trinajstić information content (AvgIpc) is 2.51. The SMILES string of the molecule is CCOC1CC(N)(C(=O)NC2CC(OC)C2(CC)CC)C1(C)C. The number of ether oxygens (including phenoxy) is 2. The third-order valence-electron chi connectivity index (χ3n) is 6.93. The Bertz CT molecular complexity index is 448. The van der Waals surface area contributed by atoms with Crippen molar-refractivity contribution in [3.05, 3.63) is 0 Å². The number of carbonyl (C=O) groups is 1. The van der Waals surface area contributed by atoms with E-state index >= 15 is 0 Å². The van der Waals surface area contributed by atoms with Crippen LogP contribution < -0.4 is 11.1 Å². The summed E-state index contributed by atoms with van der Waals surface area (Å²) in [5.74, 6) is -0.0377. The standard InChI is InChI=1S/C18H34N2O3/c1-7-17(8-2)12(10-13(17)22-6)20-15(21)18(19)11-14(23-9-3)16(18,4)5/h12-14H,7-11,19H2,1-6H3,(H,20,21). The molecule has 0 radical (unpaired) electrons. The van der Waals surface area contributed by atoms with Crippen molar-refractivity contribution in [1.82, 2.24) is 5.32 Å². The fourth-order valence-electron chi connectivity index (χ4n) is 4.59. The van der Waals surface area contributed by atoms with Gasteiger partial charge in [-0.3, -0.25) is 4.79 Å². The highest BCUT2D eigenvalue weighted by atomic mass is 16.5. The van der Waals surface area contributed by atoms with Gasteiger partial charge in [0.1, 0.15) is 5.54 Å². The Morgan fingerprint density at radius 1 is 1.22 bits per heavy atom. The third kappa shape index (κ3) is 2.52. The molecule has 0 heterocycles. The maximum absolute atomic E-state index is 12.9. The summed E-state index contributed by atoms with van der Waals surface area (Å²) < 4.78 is 11.3. The van der Waals surface area contributed by atoms with Gasteiger partial charge in [-0.1, -0.05) is 27.7 Å². The topological polar surface area (TPSA) is 73.6 Å². The monoisotopic (exact) mass is 326 g/mol. The van der Waals surface area contributed by atoms with Gasteiger partial charge >= 0.3 is 0 Å². The van der Waals surface area contributed by atoms with Gasteiger partial charge in [0.25, 0.3) is 0 Å². The lowest BCUT2D eigenvalue weighted by Crippen LogP contribution is -2.78. The minimum atomic E-state index is -0.849. The van der Waals surface area contributed by atoms with E-state index in [-0.39, 0.29) is 35.0 Å². The quantitative estimate of drug-likeness (QED) is 0.752. The second kappa shape index (κ2) is 6.34. The molecule has 0 aromatic carbocycles. The summed E-state index contributed by atoms with van der Waals surface area (Å²) in [6, 6.07) is 0.150. The molecule has 23 heavy (non-hydrogen) atoms. The predicted molar refractivity (Wildman–Crippen MR) is 91.1 cm³/mol. The molecular weight excluding hydrogens is 292 g/mol. The van der Waals surface area contributed by atoms with E-state index in [0.717, 1.165) is 19.3 Å². The molecule has 2 aliphatic rings. The van der Waals surface area contributed by atoms with Crippen LogP contribution in [0.4, 0.5) is 0 Å². The molecule has 5 heteroatoms. The number of nitrogens with one attached hydrogen (secondary N) is 1. The molecule has 2 fully saturated rings. The molecule has 5 nitrogen and oxygen atoms in total. The van der Waals surface area contributed by atoms with Crippen LogP contribution in [0.25, 0.3) is 0 Å². The lowest BCUT2D eigenvalue weighted by molar-refractivity contribution is -0.177. The zero-order valence-corrected chi connectivity index (χ0v) is 15.6. The molecule has 2 rings (SSSR count). The van der Waals surface area contributed by atoms with E-state index in [1.165, 1.54) is 0 Å². The smallest absolute Gasteiger partial charge is 0.241 e. The summed E-state index contributed by atoms with van der Waals surface area (Å²) in [4.78, 5) is 12.9. The fraction of sp³-hybridized carbons (Fsp3) is 0.944. The first-order valence-corrected chi connectivity index (χ1v) is 8.97. The molecule has 4 unspecified atom stereocenters. The summed E-state index contributed by atoms with van der Waals surface area (Å²) >= 11 is 0. The van der Waals surface area contributed by atoms with Gasteiger partial charge in [0.2, 0.25) is 5.91 Å². The van der Waals surface area contributed by atoms with Crippen LogP contribution in [-0.2, 0) is 14.3 Å². The number of hydrogen-bond donors (Lipinski definition) is 2. The number of rotatable bonds is 7. The number of carbonyl (C=O) groups excluding carboxylic acids is 1. The first kappa shape index (κ1) is 18.7. The molecule has 2 aliphatic carbocycles. The summed E-state index contributed by atoms with van der Waals surface area (Å²) in [6.45, 7) is 11.0. The highest BCUT2D eigenvalue weighted by Crippen LogP contribution is 2.52. The van der Waals surface area contributed by atoms with Crippen LogP contribution in [0, 0.1) is 10.8 Å². The van der Waals surface area contributed by atoms with Crippen LogP contribution in [0.15, 0.2) is 0 Å². The van der Waals surface area contributed by atoms with Gasteiger partial charge in [-0.25, -0.2) is 0 Å². The normalized spacial score (nSPS) is 37.6. The van der Waals surface area contributed by atoms with E-state index in [2.05, 4.69) is 19.2 Å². The zero-order chi connectivity index (χ0) is 17.5. The molecule has 1 amide bonds. The van der Waals surface area contributed by atoms with Crippen molar-refractivity contribution >= 4 is 5.91 Å². The summed E-state index contributed by atoms with van der Waals surface area (Å²) in [5.41, 5.74) is 5.33. The highest BCUT2D eigenvalue weighted by molar-refractivity contribution is 5.89. The van der Waals surface area contributed by atoms with Crippen LogP contribution >= 0.6 is 0 Å². The minimum absolute atomic E-state index is 0.0357. The predicted octanol–water partition coefficient (Wildman–Crippen LogP) is 2.23. The van der Waals surface area contributed by atoms with Crippen molar-refractivity contribution in [3.63, 3.8) is 0 Å². The van der Waals surface area contributed by atoms with Gasteiger partial charge in [-0.15, -0.1) is 0 Å². The first-order valence-electron chi connectivity index (χ1n) is 8.97. The van der Waals surface area contributed by atoms with Gasteiger partial charge in [0.15, 0.2) is 0 Å². The van der Waals surface area contributed by atoms with E-state index in [0.29, 0.717) is 13.0 Å². The number of nitrogens with two attached hydrogens (primary N) is 1. The molecule has 3 N–H and O–H groups in total. The zero-order valence-electron chi connectivity index (χ0n) is 15.6. The van der Waals surface area contributed by atoms with Crippen molar-refractivity contribution in [1.29, 1.82) is 0 Å². The highest BCUT2D eigenvalue weighted by Gasteiger charge is 2.64. The molecule has 0 aromatic rings. The molecular formula is C18H34N2O3. The van der Waals surface area contributed by atoms with Gasteiger partial charge in [0.05, 0.1) is 12.2 Å². The van der Waals surface area contributed by atoms with Crippen LogP contribution in [0.2, 0.25) is 0 Å². The van der Waals surface area contributed by atoms with E-state index < -0.39 is 5.54 Å². The largest absolute Gasteiger partial charge is 0.381 e. The van der Waals surface area contributed by atoms with Crippen molar-refractivity contribution in [2.75, 3.05) is 13.7 Å². The van der Waals surface area contributed by atoms with Crippen LogP contribution in [-0.4, -0.2) is 43.4 Å². The van der Waals surface area contributed by atoms with Crippen LogP contribution in [0.3, 0.4) is 0 Å². The third-order valence-corrected chi connectivity index (χ3v) is 6.93. The lowest BCUT2D eigenvalue weighted by atomic mass is 9.53. The molecule has 0 spiro atoms. The molecule has 0 aromatic heterocycles. The summed E-state index contributed by atoms with van der Waals surface area (Å²) in [7, 11) is 1.76. The Hall–Kier alpha value is -0.650. The van der Waals surface area contributed by atoms with Gasteiger partial charge in [0, 0.05) is 37.0 Å². The number of hydrogen-bond acceptors (Lipinski definition) is 4. The molecule has 134 valence electrons. The fourth-order valence-corrected chi connectivity index (χ4v) is 4.59. The molecule has 0 bridgehead atoms. The molecule has 2 saturated carbocycles. The number of methoxy groups -OCH3 is 1. The van der Waals surface area contributed by atoms with Gasteiger partial charge < -0.3 is 20.5 Å². The first-order chi connectivity index (χ1) is 10.7. The van der Waals surface area contributed by atoms with E-state index in [4.69, 9.17) is 15.2 Å². The van der Waals surface area contributed by atoms with Gasteiger partial charge in [-0.05, 0) is 26.2 Å². The second-order valence-corrected chi connectivity index (χ2v) is 7.77.